The first-order valence-electron chi connectivity index (χ1n) is 19.5. The molecule has 270 valence electrons. The van der Waals surface area contributed by atoms with E-state index >= 15 is 0 Å². The molecule has 8 aliphatic rings. The molecule has 2 N–H and O–H groups in total. The Kier molecular flexibility index (Phi) is 8.08. The van der Waals surface area contributed by atoms with Crippen molar-refractivity contribution >= 4 is 0 Å². The van der Waals surface area contributed by atoms with E-state index in [-0.39, 0.29) is 23.9 Å². The third-order valence-electron chi connectivity index (χ3n) is 15.6. The molecular formula is C41H58O8. The number of hydrogen-bond acceptors (Lipinski definition) is 8. The predicted octanol–water partition coefficient (Wildman–Crippen LogP) is 6.69. The van der Waals surface area contributed by atoms with Crippen molar-refractivity contribution in [2.45, 2.75) is 147 Å². The Morgan fingerprint density at radius 2 is 1.71 bits per heavy atom. The third-order valence-corrected chi connectivity index (χ3v) is 15.6. The molecule has 4 heterocycles. The van der Waals surface area contributed by atoms with Crippen LogP contribution in [0, 0.1) is 46.3 Å². The quantitative estimate of drug-likeness (QED) is 0.342. The minimum atomic E-state index is -1.22. The van der Waals surface area contributed by atoms with Gasteiger partial charge >= 0.3 is 0 Å². The molecule has 4 aliphatic carbocycles. The lowest BCUT2D eigenvalue weighted by molar-refractivity contribution is -0.398. The highest BCUT2D eigenvalue weighted by atomic mass is 16.8. The van der Waals surface area contributed by atoms with Crippen molar-refractivity contribution in [2.75, 3.05) is 13.2 Å². The fourth-order valence-corrected chi connectivity index (χ4v) is 12.7. The molecule has 4 saturated heterocycles. The second-order valence-corrected chi connectivity index (χ2v) is 18.1. The normalized spacial score (nSPS) is 55.1. The molecule has 4 unspecified atom stereocenters. The number of aliphatic hydroxyl groups excluding tert-OH is 2. The molecule has 7 fully saturated rings. The first-order valence-corrected chi connectivity index (χ1v) is 19.5. The average molecular weight is 679 g/mol. The molecule has 4 aliphatic heterocycles. The van der Waals surface area contributed by atoms with Crippen molar-refractivity contribution in [3.05, 3.63) is 47.5 Å². The molecule has 3 saturated carbocycles. The standard InChI is InChI=1S/C41H58O8/c1-23-13-18-41(45-21-23)24(2)33-31(48-41)20-30-28-12-11-26-19-27(14-16-38(26,3)29(28)15-17-39(30,33)4)46-37-34(42)35(43)40(5)32(47-37)22-44-36(49-40)25-9-7-6-8-10-25/h6-11,23-24,27-37,42-43H,12-22H2,1-5H3/t23-,24+,27+,28-,29+,30+,31+,32?,33+,34?,35-,36?,37-,38+,39+,40?,41-/m1/s1. The zero-order valence-corrected chi connectivity index (χ0v) is 30.1. The largest absolute Gasteiger partial charge is 0.387 e. The van der Waals surface area contributed by atoms with Crippen LogP contribution in [0.25, 0.3) is 0 Å². The summed E-state index contributed by atoms with van der Waals surface area (Å²) in [5, 5.41) is 22.7. The molecule has 1 aromatic rings. The smallest absolute Gasteiger partial charge is 0.187 e. The van der Waals surface area contributed by atoms with Gasteiger partial charge in [0.1, 0.15) is 23.9 Å². The molecule has 0 radical (unpaired) electrons. The van der Waals surface area contributed by atoms with Crippen molar-refractivity contribution in [2.24, 2.45) is 46.3 Å². The zero-order valence-electron chi connectivity index (χ0n) is 30.1. The van der Waals surface area contributed by atoms with Crippen LogP contribution in [0.2, 0.25) is 0 Å². The van der Waals surface area contributed by atoms with Gasteiger partial charge in [-0.15, -0.1) is 0 Å². The van der Waals surface area contributed by atoms with Gasteiger partial charge in [0.05, 0.1) is 25.4 Å². The Morgan fingerprint density at radius 1 is 0.898 bits per heavy atom. The topological polar surface area (TPSA) is 95.8 Å². The lowest BCUT2D eigenvalue weighted by Gasteiger charge is -2.59. The lowest BCUT2D eigenvalue weighted by atomic mass is 9.47. The van der Waals surface area contributed by atoms with Gasteiger partial charge in [0, 0.05) is 17.9 Å². The molecular weight excluding hydrogens is 620 g/mol. The van der Waals surface area contributed by atoms with Crippen LogP contribution in [-0.2, 0) is 28.4 Å². The van der Waals surface area contributed by atoms with Crippen molar-refractivity contribution in [1.29, 1.82) is 0 Å². The third kappa shape index (κ3) is 4.98. The summed E-state index contributed by atoms with van der Waals surface area (Å²) < 4.78 is 38.7. The van der Waals surface area contributed by atoms with Crippen LogP contribution in [0.5, 0.6) is 0 Å². The number of allylic oxidation sites excluding steroid dienone is 1. The molecule has 1 spiro atoms. The maximum atomic E-state index is 11.4. The second kappa shape index (κ2) is 11.8. The van der Waals surface area contributed by atoms with E-state index in [2.05, 4.69) is 33.8 Å². The molecule has 0 aromatic heterocycles. The van der Waals surface area contributed by atoms with Crippen LogP contribution in [0.1, 0.15) is 104 Å². The summed E-state index contributed by atoms with van der Waals surface area (Å²) in [6.07, 6.45) is 8.23. The molecule has 0 bridgehead atoms. The van der Waals surface area contributed by atoms with Crippen LogP contribution in [-0.4, -0.2) is 71.6 Å². The van der Waals surface area contributed by atoms with Gasteiger partial charge in [-0.1, -0.05) is 69.7 Å². The molecule has 49 heavy (non-hydrogen) atoms. The minimum absolute atomic E-state index is 0.0714. The second-order valence-electron chi connectivity index (χ2n) is 18.1. The highest BCUT2D eigenvalue weighted by molar-refractivity contribution is 5.27. The fraction of sp³-hybridized carbons (Fsp3) is 0.805. The Hall–Kier alpha value is -1.36. The summed E-state index contributed by atoms with van der Waals surface area (Å²) in [7, 11) is 0. The fourth-order valence-electron chi connectivity index (χ4n) is 12.7. The van der Waals surface area contributed by atoms with Gasteiger partial charge in [0.25, 0.3) is 0 Å². The van der Waals surface area contributed by atoms with E-state index in [1.165, 1.54) is 31.3 Å². The summed E-state index contributed by atoms with van der Waals surface area (Å²) in [6, 6.07) is 9.68. The van der Waals surface area contributed by atoms with E-state index in [0.717, 1.165) is 44.3 Å². The highest BCUT2D eigenvalue weighted by Crippen LogP contribution is 2.70. The van der Waals surface area contributed by atoms with Gasteiger partial charge in [0.15, 0.2) is 18.4 Å². The van der Waals surface area contributed by atoms with Crippen LogP contribution in [0.15, 0.2) is 42.0 Å². The minimum Gasteiger partial charge on any atom is -0.387 e. The Morgan fingerprint density at radius 3 is 2.49 bits per heavy atom. The number of benzene rings is 1. The molecule has 17 atom stereocenters. The van der Waals surface area contributed by atoms with Gasteiger partial charge in [0.2, 0.25) is 0 Å². The number of rotatable bonds is 3. The molecule has 9 rings (SSSR count). The SMILES string of the molecule is C[C@@H]1CC[C@@]2(OC1)O[C@H]1C[C@H]3[C@@H]4CC=C5C[C@@H](O[C@@H]6OC7COC(c8ccccc8)OC7(C)[C@H](O)C6O)CC[C@]5(C)[C@H]4CC[C@]3(C)[C@H]1[C@@H]2C. The summed E-state index contributed by atoms with van der Waals surface area (Å²) in [6.45, 7) is 12.7. The number of fused-ring (bicyclic) bond motifs is 8. The Balaban J connectivity index is 0.866. The summed E-state index contributed by atoms with van der Waals surface area (Å²) in [5.74, 6) is 3.35. The highest BCUT2D eigenvalue weighted by Gasteiger charge is 2.69. The van der Waals surface area contributed by atoms with Crippen LogP contribution in [0.4, 0.5) is 0 Å². The summed E-state index contributed by atoms with van der Waals surface area (Å²) in [4.78, 5) is 0. The number of hydrogen-bond donors (Lipinski definition) is 2. The van der Waals surface area contributed by atoms with E-state index in [1.807, 2.05) is 30.3 Å². The van der Waals surface area contributed by atoms with Crippen molar-refractivity contribution < 1.29 is 38.6 Å². The van der Waals surface area contributed by atoms with Gasteiger partial charge in [-0.3, -0.25) is 0 Å². The van der Waals surface area contributed by atoms with Gasteiger partial charge in [-0.2, -0.15) is 0 Å². The first-order chi connectivity index (χ1) is 23.4. The lowest BCUT2D eigenvalue weighted by Crippen LogP contribution is -2.69. The van der Waals surface area contributed by atoms with E-state index in [4.69, 9.17) is 28.4 Å². The van der Waals surface area contributed by atoms with Crippen LogP contribution in [0.3, 0.4) is 0 Å². The molecule has 1 aromatic carbocycles. The van der Waals surface area contributed by atoms with Gasteiger partial charge in [-0.05, 0) is 98.7 Å². The van der Waals surface area contributed by atoms with E-state index < -0.39 is 36.5 Å². The summed E-state index contributed by atoms with van der Waals surface area (Å²) >= 11 is 0. The predicted molar refractivity (Wildman–Crippen MR) is 182 cm³/mol. The van der Waals surface area contributed by atoms with Crippen LogP contribution < -0.4 is 0 Å². The summed E-state index contributed by atoms with van der Waals surface area (Å²) in [5.41, 5.74) is 1.74. The Bertz CT molecular complexity index is 1420. The average Bonchev–Trinajstić information content (AvgIpc) is 3.55. The maximum Gasteiger partial charge on any atom is 0.187 e. The van der Waals surface area contributed by atoms with Crippen molar-refractivity contribution in [3.63, 3.8) is 0 Å². The van der Waals surface area contributed by atoms with Crippen molar-refractivity contribution in [3.8, 4) is 0 Å². The number of aliphatic hydroxyl groups is 2. The van der Waals surface area contributed by atoms with Gasteiger partial charge in [-0.25, -0.2) is 0 Å². The molecule has 0 amide bonds. The number of ether oxygens (including phenoxy) is 6. The van der Waals surface area contributed by atoms with Crippen molar-refractivity contribution in [1.82, 2.24) is 0 Å². The monoisotopic (exact) mass is 678 g/mol. The van der Waals surface area contributed by atoms with Gasteiger partial charge < -0.3 is 38.6 Å². The van der Waals surface area contributed by atoms with E-state index in [1.54, 1.807) is 6.92 Å². The molecule has 8 heteroatoms. The zero-order chi connectivity index (χ0) is 33.9. The maximum absolute atomic E-state index is 11.4. The first kappa shape index (κ1) is 33.5. The van der Waals surface area contributed by atoms with E-state index in [0.29, 0.717) is 47.0 Å². The van der Waals surface area contributed by atoms with E-state index in [9.17, 15) is 10.2 Å². The Labute approximate surface area is 292 Å². The van der Waals surface area contributed by atoms with Crippen LogP contribution >= 0.6 is 0 Å². The molecule has 8 nitrogen and oxygen atoms in total.